The summed E-state index contributed by atoms with van der Waals surface area (Å²) in [5, 5.41) is -1.01. The van der Waals surface area contributed by atoms with Crippen LogP contribution in [0.25, 0.3) is 0 Å². The fraction of sp³-hybridized carbons (Fsp3) is 0.400. The van der Waals surface area contributed by atoms with E-state index in [2.05, 4.69) is 0 Å². The molecule has 0 aliphatic carbocycles. The number of nitrogens with two attached hydrogens (primary N) is 1. The van der Waals surface area contributed by atoms with Crippen molar-refractivity contribution in [3.63, 3.8) is 0 Å². The highest BCUT2D eigenvalue weighted by molar-refractivity contribution is 7.92. The molecule has 2 N–H and O–H groups in total. The lowest BCUT2D eigenvalue weighted by Crippen LogP contribution is -2.20. The molecule has 1 aromatic carbocycles. The molecule has 1 unspecified atom stereocenters. The van der Waals surface area contributed by atoms with Crippen LogP contribution in [0.3, 0.4) is 0 Å². The van der Waals surface area contributed by atoms with Crippen molar-refractivity contribution in [2.24, 2.45) is 0 Å². The van der Waals surface area contributed by atoms with E-state index in [4.69, 9.17) is 5.73 Å². The van der Waals surface area contributed by atoms with Crippen molar-refractivity contribution < 1.29 is 21.6 Å². The first-order chi connectivity index (χ1) is 7.73. The van der Waals surface area contributed by atoms with Gasteiger partial charge in [0.2, 0.25) is 0 Å². The highest BCUT2D eigenvalue weighted by Gasteiger charge is 2.31. The Balaban J connectivity index is 3.59. The number of hydrogen-bond acceptors (Lipinski definition) is 3. The fourth-order valence-corrected chi connectivity index (χ4v) is 2.79. The average molecular weight is 267 g/mol. The summed E-state index contributed by atoms with van der Waals surface area (Å²) in [5.74, 6) is -4.68. The first-order valence-electron chi connectivity index (χ1n) is 4.90. The van der Waals surface area contributed by atoms with Gasteiger partial charge in [-0.1, -0.05) is 6.92 Å². The SMILES string of the molecule is CCC(C)S(=O)(=O)c1c(F)cc(N)c(F)c1F. The van der Waals surface area contributed by atoms with Crippen molar-refractivity contribution >= 4 is 15.5 Å². The molecule has 1 atom stereocenters. The van der Waals surface area contributed by atoms with Crippen LogP contribution >= 0.6 is 0 Å². The minimum absolute atomic E-state index is 0.160. The summed E-state index contributed by atoms with van der Waals surface area (Å²) in [6.07, 6.45) is 0.160. The second-order valence-corrected chi connectivity index (χ2v) is 5.97. The highest BCUT2D eigenvalue weighted by Crippen LogP contribution is 2.28. The maximum atomic E-state index is 13.4. The number of rotatable bonds is 3. The average Bonchev–Trinajstić information content (AvgIpc) is 2.24. The molecular weight excluding hydrogens is 255 g/mol. The summed E-state index contributed by atoms with van der Waals surface area (Å²) in [6.45, 7) is 2.84. The quantitative estimate of drug-likeness (QED) is 0.675. The predicted molar refractivity (Wildman–Crippen MR) is 57.7 cm³/mol. The van der Waals surface area contributed by atoms with Crippen molar-refractivity contribution in [3.05, 3.63) is 23.5 Å². The van der Waals surface area contributed by atoms with Gasteiger partial charge in [0, 0.05) is 6.07 Å². The van der Waals surface area contributed by atoms with Crippen molar-refractivity contribution in [1.29, 1.82) is 0 Å². The Kier molecular flexibility index (Phi) is 3.71. The molecule has 0 spiro atoms. The predicted octanol–water partition coefficient (Wildman–Crippen LogP) is 2.26. The van der Waals surface area contributed by atoms with Crippen molar-refractivity contribution in [1.82, 2.24) is 0 Å². The Morgan fingerprint density at radius 1 is 1.29 bits per heavy atom. The number of benzene rings is 1. The van der Waals surface area contributed by atoms with E-state index < -0.39 is 43.1 Å². The number of hydrogen-bond donors (Lipinski definition) is 1. The smallest absolute Gasteiger partial charge is 0.186 e. The lowest BCUT2D eigenvalue weighted by atomic mass is 10.3. The first kappa shape index (κ1) is 13.8. The Hall–Kier alpha value is -1.24. The highest BCUT2D eigenvalue weighted by atomic mass is 32.2. The van der Waals surface area contributed by atoms with Gasteiger partial charge in [-0.05, 0) is 13.3 Å². The topological polar surface area (TPSA) is 60.2 Å². The second kappa shape index (κ2) is 4.56. The standard InChI is InChI=1S/C10H12F3NO2S/c1-3-5(2)17(15,16)10-6(11)4-7(14)8(12)9(10)13/h4-5H,3,14H2,1-2H3. The zero-order valence-electron chi connectivity index (χ0n) is 9.30. The summed E-state index contributed by atoms with van der Waals surface area (Å²) in [6, 6.07) is 0.466. The van der Waals surface area contributed by atoms with E-state index in [1.54, 1.807) is 6.92 Å². The van der Waals surface area contributed by atoms with E-state index >= 15 is 0 Å². The molecule has 17 heavy (non-hydrogen) atoms. The van der Waals surface area contributed by atoms with Gasteiger partial charge in [0.15, 0.2) is 21.5 Å². The number of halogens is 3. The summed E-state index contributed by atoms with van der Waals surface area (Å²) in [4.78, 5) is -1.25. The van der Waals surface area contributed by atoms with Crippen LogP contribution in [0.4, 0.5) is 18.9 Å². The molecular formula is C10H12F3NO2S. The van der Waals surface area contributed by atoms with Crippen LogP contribution in [0.1, 0.15) is 20.3 Å². The lowest BCUT2D eigenvalue weighted by molar-refractivity contribution is 0.460. The van der Waals surface area contributed by atoms with Gasteiger partial charge in [-0.2, -0.15) is 0 Å². The molecule has 96 valence electrons. The van der Waals surface area contributed by atoms with Crippen LogP contribution < -0.4 is 5.73 Å². The Labute approximate surface area is 97.4 Å². The molecule has 0 amide bonds. The maximum absolute atomic E-state index is 13.4. The molecule has 0 bridgehead atoms. The van der Waals surface area contributed by atoms with Crippen molar-refractivity contribution in [2.45, 2.75) is 30.4 Å². The Morgan fingerprint density at radius 2 is 1.82 bits per heavy atom. The van der Waals surface area contributed by atoms with Gasteiger partial charge in [0.25, 0.3) is 0 Å². The third-order valence-corrected chi connectivity index (χ3v) is 4.87. The van der Waals surface area contributed by atoms with Gasteiger partial charge in [-0.25, -0.2) is 21.6 Å². The molecule has 0 aromatic heterocycles. The molecule has 1 rings (SSSR count). The van der Waals surface area contributed by atoms with E-state index in [-0.39, 0.29) is 6.42 Å². The number of sulfone groups is 1. The van der Waals surface area contributed by atoms with Crippen molar-refractivity contribution in [2.75, 3.05) is 5.73 Å². The van der Waals surface area contributed by atoms with Gasteiger partial charge >= 0.3 is 0 Å². The molecule has 3 nitrogen and oxygen atoms in total. The summed E-state index contributed by atoms with van der Waals surface area (Å²) in [5.41, 5.74) is 4.23. The second-order valence-electron chi connectivity index (χ2n) is 3.67. The largest absolute Gasteiger partial charge is 0.396 e. The molecule has 1 aromatic rings. The van der Waals surface area contributed by atoms with Crippen LogP contribution in [-0.4, -0.2) is 13.7 Å². The maximum Gasteiger partial charge on any atom is 0.186 e. The van der Waals surface area contributed by atoms with Gasteiger partial charge in [0.1, 0.15) is 10.7 Å². The van der Waals surface area contributed by atoms with E-state index in [0.29, 0.717) is 6.07 Å². The summed E-state index contributed by atoms with van der Waals surface area (Å²) in [7, 11) is -4.24. The first-order valence-corrected chi connectivity index (χ1v) is 6.45. The normalized spacial score (nSPS) is 13.7. The van der Waals surface area contributed by atoms with Crippen molar-refractivity contribution in [3.8, 4) is 0 Å². The van der Waals surface area contributed by atoms with Crippen LogP contribution in [0, 0.1) is 17.5 Å². The fourth-order valence-electron chi connectivity index (χ4n) is 1.28. The molecule has 0 fully saturated rings. The zero-order valence-corrected chi connectivity index (χ0v) is 10.1. The molecule has 0 aliphatic rings. The molecule has 0 radical (unpaired) electrons. The van der Waals surface area contributed by atoms with E-state index in [1.807, 2.05) is 0 Å². The molecule has 0 saturated carbocycles. The van der Waals surface area contributed by atoms with Gasteiger partial charge in [-0.15, -0.1) is 0 Å². The minimum atomic E-state index is -4.24. The Morgan fingerprint density at radius 3 is 2.29 bits per heavy atom. The van der Waals surface area contributed by atoms with Crippen LogP contribution in [0.5, 0.6) is 0 Å². The lowest BCUT2D eigenvalue weighted by Gasteiger charge is -2.13. The summed E-state index contributed by atoms with van der Waals surface area (Å²) < 4.78 is 63.6. The Bertz CT molecular complexity index is 543. The third-order valence-electron chi connectivity index (χ3n) is 2.53. The summed E-state index contributed by atoms with van der Waals surface area (Å²) >= 11 is 0. The third kappa shape index (κ3) is 2.24. The van der Waals surface area contributed by atoms with Crippen LogP contribution in [0.2, 0.25) is 0 Å². The number of anilines is 1. The van der Waals surface area contributed by atoms with E-state index in [0.717, 1.165) is 0 Å². The molecule has 0 aliphatic heterocycles. The van der Waals surface area contributed by atoms with Crippen LogP contribution in [0.15, 0.2) is 11.0 Å². The molecule has 0 saturated heterocycles. The van der Waals surface area contributed by atoms with Crippen LogP contribution in [-0.2, 0) is 9.84 Å². The molecule has 7 heteroatoms. The van der Waals surface area contributed by atoms with Gasteiger partial charge in [-0.3, -0.25) is 0 Å². The van der Waals surface area contributed by atoms with E-state index in [9.17, 15) is 21.6 Å². The minimum Gasteiger partial charge on any atom is -0.396 e. The number of nitrogen functional groups attached to an aromatic ring is 1. The molecule has 0 heterocycles. The monoisotopic (exact) mass is 267 g/mol. The van der Waals surface area contributed by atoms with Gasteiger partial charge < -0.3 is 5.73 Å². The van der Waals surface area contributed by atoms with Gasteiger partial charge in [0.05, 0.1) is 10.9 Å². The zero-order chi connectivity index (χ0) is 13.4. The van der Waals surface area contributed by atoms with E-state index in [1.165, 1.54) is 6.92 Å².